The van der Waals surface area contributed by atoms with Crippen LogP contribution in [-0.2, 0) is 28.8 Å². The topological polar surface area (TPSA) is 77.7 Å². The number of ether oxygens (including phenoxy) is 2. The number of hydrogen-bond acceptors (Lipinski definition) is 6. The van der Waals surface area contributed by atoms with E-state index in [1.54, 1.807) is 14.2 Å². The van der Waals surface area contributed by atoms with Crippen molar-refractivity contribution >= 4 is 11.6 Å². The van der Waals surface area contributed by atoms with Gasteiger partial charge in [-0.25, -0.2) is 0 Å². The summed E-state index contributed by atoms with van der Waals surface area (Å²) < 4.78 is 15.9. The second kappa shape index (κ2) is 9.09. The molecule has 0 saturated heterocycles. The summed E-state index contributed by atoms with van der Waals surface area (Å²) in [7, 11) is 3.28. The summed E-state index contributed by atoms with van der Waals surface area (Å²) in [4.78, 5) is 19.6. The molecule has 0 radical (unpaired) electrons. The molecule has 1 aliphatic heterocycles. The van der Waals surface area contributed by atoms with E-state index in [-0.39, 0.29) is 11.9 Å². The van der Waals surface area contributed by atoms with Gasteiger partial charge in [-0.1, -0.05) is 35.5 Å². The maximum absolute atomic E-state index is 13.3. The summed E-state index contributed by atoms with van der Waals surface area (Å²) in [6, 6.07) is 15.5. The summed E-state index contributed by atoms with van der Waals surface area (Å²) in [5, 5.41) is 4.05. The van der Waals surface area contributed by atoms with Crippen molar-refractivity contribution in [1.29, 1.82) is 0 Å². The number of nitrogens with zero attached hydrogens (tertiary/aromatic N) is 3. The molecule has 156 valence electrons. The lowest BCUT2D eigenvalue weighted by molar-refractivity contribution is -0.119. The van der Waals surface area contributed by atoms with Crippen LogP contribution in [0.4, 0.5) is 5.69 Å². The fraction of sp³-hybridized carbons (Fsp3) is 0.348. The van der Waals surface area contributed by atoms with E-state index in [0.717, 1.165) is 22.6 Å². The normalized spacial score (nSPS) is 15.3. The zero-order valence-corrected chi connectivity index (χ0v) is 17.2. The Bertz CT molecular complexity index is 1020. The standard InChI is InChI=1S/C23H25N3O4/c1-28-13-12-21-24-23(30-25-21)20-15-17-7-3-4-9-19(17)26(20)22(27)11-10-16-6-5-8-18(14-16)29-2/h3-9,14,20H,10-13,15H2,1-2H3. The molecular formula is C23H25N3O4. The monoisotopic (exact) mass is 407 g/mol. The summed E-state index contributed by atoms with van der Waals surface area (Å²) in [6.45, 7) is 0.521. The summed E-state index contributed by atoms with van der Waals surface area (Å²) >= 11 is 0. The Kier molecular flexibility index (Phi) is 6.09. The molecule has 2 aromatic carbocycles. The van der Waals surface area contributed by atoms with Crippen molar-refractivity contribution in [2.75, 3.05) is 25.7 Å². The molecule has 0 spiro atoms. The number of methoxy groups -OCH3 is 2. The van der Waals surface area contributed by atoms with Crippen LogP contribution in [0.1, 0.15) is 35.3 Å². The number of carbonyl (C=O) groups is 1. The third-order valence-electron chi connectivity index (χ3n) is 5.31. The predicted molar refractivity (Wildman–Crippen MR) is 112 cm³/mol. The van der Waals surface area contributed by atoms with Crippen molar-refractivity contribution in [2.24, 2.45) is 0 Å². The lowest BCUT2D eigenvalue weighted by Gasteiger charge is -2.23. The predicted octanol–water partition coefficient (Wildman–Crippen LogP) is 3.53. The first-order valence-electron chi connectivity index (χ1n) is 10.0. The molecule has 1 unspecified atom stereocenters. The number of benzene rings is 2. The highest BCUT2D eigenvalue weighted by Crippen LogP contribution is 2.40. The Morgan fingerprint density at radius 2 is 2.03 bits per heavy atom. The molecule has 30 heavy (non-hydrogen) atoms. The van der Waals surface area contributed by atoms with E-state index in [1.165, 1.54) is 0 Å². The molecule has 0 bridgehead atoms. The largest absolute Gasteiger partial charge is 0.497 e. The third-order valence-corrected chi connectivity index (χ3v) is 5.31. The van der Waals surface area contributed by atoms with Crippen LogP contribution in [0.25, 0.3) is 0 Å². The van der Waals surface area contributed by atoms with Crippen LogP contribution >= 0.6 is 0 Å². The van der Waals surface area contributed by atoms with Crippen molar-refractivity contribution < 1.29 is 18.8 Å². The van der Waals surface area contributed by atoms with Gasteiger partial charge in [0.25, 0.3) is 0 Å². The van der Waals surface area contributed by atoms with E-state index in [0.29, 0.717) is 44.0 Å². The molecule has 1 atom stereocenters. The molecule has 7 nitrogen and oxygen atoms in total. The lowest BCUT2D eigenvalue weighted by Crippen LogP contribution is -2.32. The van der Waals surface area contributed by atoms with E-state index >= 15 is 0 Å². The van der Waals surface area contributed by atoms with Gasteiger partial charge in [-0.2, -0.15) is 4.98 Å². The SMILES string of the molecule is COCCc1noc(C2Cc3ccccc3N2C(=O)CCc2cccc(OC)c2)n1. The van der Waals surface area contributed by atoms with Crippen LogP contribution in [0, 0.1) is 0 Å². The summed E-state index contributed by atoms with van der Waals surface area (Å²) in [5.41, 5.74) is 3.08. The number of para-hydroxylation sites is 1. The van der Waals surface area contributed by atoms with Gasteiger partial charge >= 0.3 is 0 Å². The van der Waals surface area contributed by atoms with Gasteiger partial charge in [0.05, 0.1) is 13.7 Å². The van der Waals surface area contributed by atoms with Crippen LogP contribution in [0.5, 0.6) is 5.75 Å². The summed E-state index contributed by atoms with van der Waals surface area (Å²) in [5.74, 6) is 1.88. The Balaban J connectivity index is 1.54. The fourth-order valence-corrected chi connectivity index (χ4v) is 3.79. The lowest BCUT2D eigenvalue weighted by atomic mass is 10.1. The summed E-state index contributed by atoms with van der Waals surface area (Å²) in [6.07, 6.45) is 2.24. The minimum atomic E-state index is -0.288. The van der Waals surface area contributed by atoms with Crippen LogP contribution < -0.4 is 9.64 Å². The van der Waals surface area contributed by atoms with Gasteiger partial charge in [0.2, 0.25) is 11.8 Å². The molecule has 7 heteroatoms. The quantitative estimate of drug-likeness (QED) is 0.568. The van der Waals surface area contributed by atoms with Gasteiger partial charge in [0.1, 0.15) is 11.8 Å². The highest BCUT2D eigenvalue weighted by Gasteiger charge is 2.37. The van der Waals surface area contributed by atoms with Crippen molar-refractivity contribution in [1.82, 2.24) is 10.1 Å². The van der Waals surface area contributed by atoms with Gasteiger partial charge in [-0.15, -0.1) is 0 Å². The molecule has 0 fully saturated rings. The maximum atomic E-state index is 13.3. The Hall–Kier alpha value is -3.19. The highest BCUT2D eigenvalue weighted by molar-refractivity contribution is 5.96. The Labute approximate surface area is 175 Å². The van der Waals surface area contributed by atoms with E-state index in [1.807, 2.05) is 53.4 Å². The number of aryl methyl sites for hydroxylation is 1. The molecule has 1 aromatic heterocycles. The third kappa shape index (κ3) is 4.21. The van der Waals surface area contributed by atoms with Crippen LogP contribution in [0.3, 0.4) is 0 Å². The minimum absolute atomic E-state index is 0.0319. The van der Waals surface area contributed by atoms with Gasteiger partial charge in [-0.05, 0) is 35.7 Å². The molecule has 0 N–H and O–H groups in total. The minimum Gasteiger partial charge on any atom is -0.497 e. The van der Waals surface area contributed by atoms with E-state index < -0.39 is 0 Å². The number of carbonyl (C=O) groups excluding carboxylic acids is 1. The zero-order chi connectivity index (χ0) is 20.9. The van der Waals surface area contributed by atoms with Gasteiger partial charge in [0.15, 0.2) is 5.82 Å². The van der Waals surface area contributed by atoms with E-state index in [4.69, 9.17) is 14.0 Å². The van der Waals surface area contributed by atoms with Crippen molar-refractivity contribution in [2.45, 2.75) is 31.7 Å². The number of amides is 1. The number of hydrogen-bond donors (Lipinski definition) is 0. The second-order valence-corrected chi connectivity index (χ2v) is 7.26. The number of anilines is 1. The molecule has 1 amide bonds. The van der Waals surface area contributed by atoms with Gasteiger partial charge < -0.3 is 14.0 Å². The molecule has 1 aliphatic rings. The molecular weight excluding hydrogens is 382 g/mol. The first-order valence-corrected chi connectivity index (χ1v) is 10.0. The average molecular weight is 407 g/mol. The number of fused-ring (bicyclic) bond motifs is 1. The molecule has 4 rings (SSSR count). The fourth-order valence-electron chi connectivity index (χ4n) is 3.79. The second-order valence-electron chi connectivity index (χ2n) is 7.26. The first-order chi connectivity index (χ1) is 14.7. The maximum Gasteiger partial charge on any atom is 0.250 e. The number of aromatic nitrogens is 2. The van der Waals surface area contributed by atoms with Crippen molar-refractivity contribution in [3.05, 3.63) is 71.4 Å². The molecule has 0 aliphatic carbocycles. The zero-order valence-electron chi connectivity index (χ0n) is 17.2. The van der Waals surface area contributed by atoms with Gasteiger partial charge in [-0.3, -0.25) is 9.69 Å². The Morgan fingerprint density at radius 3 is 2.87 bits per heavy atom. The van der Waals surface area contributed by atoms with E-state index in [2.05, 4.69) is 10.1 Å². The van der Waals surface area contributed by atoms with Gasteiger partial charge in [0, 0.05) is 32.1 Å². The van der Waals surface area contributed by atoms with Crippen LogP contribution in [0.2, 0.25) is 0 Å². The van der Waals surface area contributed by atoms with Crippen molar-refractivity contribution in [3.8, 4) is 5.75 Å². The smallest absolute Gasteiger partial charge is 0.250 e. The van der Waals surface area contributed by atoms with Crippen molar-refractivity contribution in [3.63, 3.8) is 0 Å². The van der Waals surface area contributed by atoms with Crippen LogP contribution in [0.15, 0.2) is 53.1 Å². The number of rotatable bonds is 8. The van der Waals surface area contributed by atoms with Crippen LogP contribution in [-0.4, -0.2) is 36.9 Å². The highest BCUT2D eigenvalue weighted by atomic mass is 16.5. The van der Waals surface area contributed by atoms with E-state index in [9.17, 15) is 4.79 Å². The average Bonchev–Trinajstić information content (AvgIpc) is 3.40. The Morgan fingerprint density at radius 1 is 1.17 bits per heavy atom. The molecule has 2 heterocycles. The molecule has 3 aromatic rings. The molecule has 0 saturated carbocycles. The first kappa shape index (κ1) is 20.1.